The molecule has 0 saturated carbocycles. The Morgan fingerprint density at radius 3 is 3.09 bits per heavy atom. The standard InChI is InChI=1S/C7H5N3S/c1-2-4-7-6(3-1)5-8-9-10-11-7/h1-5H. The van der Waals surface area contributed by atoms with E-state index in [1.165, 1.54) is 11.9 Å². The molecule has 1 heterocycles. The minimum atomic E-state index is 1.07. The molecule has 4 heteroatoms. The van der Waals surface area contributed by atoms with E-state index in [0.717, 1.165) is 10.5 Å². The maximum atomic E-state index is 3.76. The first-order valence-corrected chi connectivity index (χ1v) is 3.93. The van der Waals surface area contributed by atoms with E-state index in [0.29, 0.717) is 0 Å². The number of rotatable bonds is 0. The van der Waals surface area contributed by atoms with E-state index in [2.05, 4.69) is 14.8 Å². The van der Waals surface area contributed by atoms with E-state index >= 15 is 0 Å². The van der Waals surface area contributed by atoms with Crippen molar-refractivity contribution in [3.8, 4) is 0 Å². The van der Waals surface area contributed by atoms with Crippen molar-refractivity contribution < 1.29 is 0 Å². The summed E-state index contributed by atoms with van der Waals surface area (Å²) in [5, 5.41) is 7.27. The number of hydrogen-bond donors (Lipinski definition) is 0. The molecule has 0 amide bonds. The highest BCUT2D eigenvalue weighted by molar-refractivity contribution is 7.98. The molecular formula is C7H5N3S. The van der Waals surface area contributed by atoms with Gasteiger partial charge in [-0.1, -0.05) is 22.7 Å². The summed E-state index contributed by atoms with van der Waals surface area (Å²) in [4.78, 5) is 1.09. The van der Waals surface area contributed by atoms with E-state index in [1.54, 1.807) is 6.21 Å². The maximum Gasteiger partial charge on any atom is 0.0598 e. The lowest BCUT2D eigenvalue weighted by atomic mass is 10.2. The summed E-state index contributed by atoms with van der Waals surface area (Å²) in [6.45, 7) is 0. The summed E-state index contributed by atoms with van der Waals surface area (Å²) in [6, 6.07) is 7.93. The first kappa shape index (κ1) is 6.54. The quantitative estimate of drug-likeness (QED) is 0.541. The van der Waals surface area contributed by atoms with Crippen LogP contribution in [0, 0.1) is 0 Å². The predicted octanol–water partition coefficient (Wildman–Crippen LogP) is 2.49. The molecule has 0 aliphatic carbocycles. The van der Waals surface area contributed by atoms with Gasteiger partial charge in [-0.05, 0) is 11.3 Å². The molecule has 0 radical (unpaired) electrons. The second-order valence-electron chi connectivity index (χ2n) is 2.04. The van der Waals surface area contributed by atoms with Crippen LogP contribution in [0.4, 0.5) is 0 Å². The van der Waals surface area contributed by atoms with Crippen molar-refractivity contribution in [2.75, 3.05) is 0 Å². The van der Waals surface area contributed by atoms with Crippen molar-refractivity contribution in [3.05, 3.63) is 29.8 Å². The molecule has 0 unspecified atom stereocenters. The fourth-order valence-electron chi connectivity index (χ4n) is 0.842. The van der Waals surface area contributed by atoms with E-state index in [1.807, 2.05) is 24.3 Å². The Bertz CT molecular complexity index is 319. The lowest BCUT2D eigenvalue weighted by molar-refractivity contribution is 1.13. The third kappa shape index (κ3) is 1.30. The third-order valence-electron chi connectivity index (χ3n) is 1.34. The highest BCUT2D eigenvalue weighted by Gasteiger charge is 2.00. The van der Waals surface area contributed by atoms with Crippen molar-refractivity contribution in [1.82, 2.24) is 0 Å². The fraction of sp³-hybridized carbons (Fsp3) is 0. The van der Waals surface area contributed by atoms with Gasteiger partial charge in [0, 0.05) is 22.4 Å². The van der Waals surface area contributed by atoms with E-state index in [4.69, 9.17) is 0 Å². The van der Waals surface area contributed by atoms with Crippen LogP contribution in [0.3, 0.4) is 0 Å². The van der Waals surface area contributed by atoms with Crippen molar-refractivity contribution in [3.63, 3.8) is 0 Å². The van der Waals surface area contributed by atoms with E-state index < -0.39 is 0 Å². The van der Waals surface area contributed by atoms with Gasteiger partial charge in [0.1, 0.15) is 0 Å². The SMILES string of the molecule is C1=NN=NSc2ccccc21. The van der Waals surface area contributed by atoms with Gasteiger partial charge in [-0.2, -0.15) is 0 Å². The van der Waals surface area contributed by atoms with Gasteiger partial charge in [0.2, 0.25) is 0 Å². The molecule has 0 atom stereocenters. The van der Waals surface area contributed by atoms with Crippen LogP contribution in [0.15, 0.2) is 44.0 Å². The summed E-state index contributed by atoms with van der Waals surface area (Å²) in [7, 11) is 0. The molecule has 1 aliphatic heterocycles. The van der Waals surface area contributed by atoms with Crippen molar-refractivity contribution in [1.29, 1.82) is 0 Å². The largest absolute Gasteiger partial charge is 0.138 e. The lowest BCUT2D eigenvalue weighted by Crippen LogP contribution is -1.81. The second kappa shape index (κ2) is 2.84. The van der Waals surface area contributed by atoms with Gasteiger partial charge in [0.25, 0.3) is 0 Å². The Labute approximate surface area is 68.4 Å². The summed E-state index contributed by atoms with van der Waals surface area (Å²) in [5.74, 6) is 0. The third-order valence-corrected chi connectivity index (χ3v) is 2.07. The summed E-state index contributed by atoms with van der Waals surface area (Å²) >= 11 is 1.34. The van der Waals surface area contributed by atoms with Crippen molar-refractivity contribution >= 4 is 18.2 Å². The predicted molar refractivity (Wildman–Crippen MR) is 44.7 cm³/mol. The number of hydrogen-bond acceptors (Lipinski definition) is 4. The molecule has 0 bridgehead atoms. The zero-order valence-electron chi connectivity index (χ0n) is 5.64. The van der Waals surface area contributed by atoms with Crippen LogP contribution < -0.4 is 0 Å². The average molecular weight is 163 g/mol. The van der Waals surface area contributed by atoms with Crippen LogP contribution in [-0.4, -0.2) is 6.21 Å². The fourth-order valence-corrected chi connectivity index (χ4v) is 1.37. The van der Waals surface area contributed by atoms with Crippen molar-refractivity contribution in [2.24, 2.45) is 14.8 Å². The first-order chi connectivity index (χ1) is 5.47. The lowest BCUT2D eigenvalue weighted by Gasteiger charge is -1.95. The van der Waals surface area contributed by atoms with Crippen LogP contribution in [0.25, 0.3) is 0 Å². The van der Waals surface area contributed by atoms with Crippen LogP contribution >= 0.6 is 11.9 Å². The zero-order chi connectivity index (χ0) is 7.52. The van der Waals surface area contributed by atoms with Crippen molar-refractivity contribution in [2.45, 2.75) is 4.90 Å². The Hall–Kier alpha value is -1.16. The number of nitrogens with zero attached hydrogens (tertiary/aromatic N) is 3. The average Bonchev–Trinajstić information content (AvgIpc) is 2.28. The summed E-state index contributed by atoms with van der Waals surface area (Å²) in [6.07, 6.45) is 1.71. The molecule has 0 N–H and O–H groups in total. The van der Waals surface area contributed by atoms with Crippen LogP contribution in [-0.2, 0) is 0 Å². The Balaban J connectivity index is 2.52. The van der Waals surface area contributed by atoms with Crippen LogP contribution in [0.5, 0.6) is 0 Å². The summed E-state index contributed by atoms with van der Waals surface area (Å²) < 4.78 is 3.76. The molecule has 1 aromatic rings. The molecule has 1 aliphatic rings. The molecule has 2 rings (SSSR count). The van der Waals surface area contributed by atoms with Gasteiger partial charge in [0.15, 0.2) is 0 Å². The minimum Gasteiger partial charge on any atom is -0.138 e. The molecule has 1 aromatic carbocycles. The maximum absolute atomic E-state index is 3.76. The van der Waals surface area contributed by atoms with Gasteiger partial charge in [-0.3, -0.25) is 0 Å². The minimum absolute atomic E-state index is 1.07. The zero-order valence-corrected chi connectivity index (χ0v) is 6.45. The van der Waals surface area contributed by atoms with Gasteiger partial charge < -0.3 is 0 Å². The molecule has 3 nitrogen and oxygen atoms in total. The normalized spacial score (nSPS) is 14.2. The first-order valence-electron chi connectivity index (χ1n) is 3.16. The molecule has 11 heavy (non-hydrogen) atoms. The van der Waals surface area contributed by atoms with Crippen LogP contribution in [0.2, 0.25) is 0 Å². The van der Waals surface area contributed by atoms with Gasteiger partial charge in [-0.25, -0.2) is 0 Å². The molecule has 0 aromatic heterocycles. The van der Waals surface area contributed by atoms with E-state index in [9.17, 15) is 0 Å². The molecule has 0 saturated heterocycles. The Kier molecular flexibility index (Phi) is 1.69. The monoisotopic (exact) mass is 163 g/mol. The molecule has 0 spiro atoms. The van der Waals surface area contributed by atoms with Crippen LogP contribution in [0.1, 0.15) is 5.56 Å². The Morgan fingerprint density at radius 2 is 2.09 bits per heavy atom. The highest BCUT2D eigenvalue weighted by atomic mass is 32.2. The molecule has 0 fully saturated rings. The highest BCUT2D eigenvalue weighted by Crippen LogP contribution is 2.24. The topological polar surface area (TPSA) is 37.1 Å². The van der Waals surface area contributed by atoms with Gasteiger partial charge in [0.05, 0.1) is 6.21 Å². The number of benzene rings is 1. The Morgan fingerprint density at radius 1 is 1.18 bits per heavy atom. The smallest absolute Gasteiger partial charge is 0.0598 e. The summed E-state index contributed by atoms with van der Waals surface area (Å²) in [5.41, 5.74) is 1.07. The second-order valence-corrected chi connectivity index (χ2v) is 2.83. The van der Waals surface area contributed by atoms with Gasteiger partial charge >= 0.3 is 0 Å². The molecule has 54 valence electrons. The van der Waals surface area contributed by atoms with E-state index in [-0.39, 0.29) is 0 Å². The number of fused-ring (bicyclic) bond motifs is 1. The molecular weight excluding hydrogens is 158 g/mol. The van der Waals surface area contributed by atoms with Gasteiger partial charge in [-0.15, -0.1) is 5.10 Å².